The van der Waals surface area contributed by atoms with Gasteiger partial charge in [0.05, 0.1) is 31.5 Å². The van der Waals surface area contributed by atoms with E-state index < -0.39 is 0 Å². The molecule has 0 aromatic heterocycles. The molecule has 0 spiro atoms. The number of aliphatic hydroxyl groups is 1. The molecule has 0 aliphatic carbocycles. The first-order chi connectivity index (χ1) is 10.2. The number of rotatable bonds is 3. The third kappa shape index (κ3) is 2.15. The number of carbonyl (C=O) groups excluding carboxylic acids is 1. The Bertz CT molecular complexity index is 600. The van der Waals surface area contributed by atoms with Gasteiger partial charge in [0, 0.05) is 31.4 Å². The molecule has 0 unspecified atom stereocenters. The third-order valence-electron chi connectivity index (χ3n) is 4.18. The van der Waals surface area contributed by atoms with Crippen LogP contribution in [-0.4, -0.2) is 55.5 Å². The van der Waals surface area contributed by atoms with Crippen LogP contribution in [0.3, 0.4) is 0 Å². The molecular formula is C15H18N2O4. The van der Waals surface area contributed by atoms with Gasteiger partial charge in [-0.25, -0.2) is 0 Å². The first-order valence-electron chi connectivity index (χ1n) is 6.91. The summed E-state index contributed by atoms with van der Waals surface area (Å²) in [5.74, 6) is 1.03. The lowest BCUT2D eigenvalue weighted by Gasteiger charge is -2.22. The number of amides is 1. The number of fused-ring (bicyclic) bond motifs is 2. The largest absolute Gasteiger partial charge is 0.493 e. The highest BCUT2D eigenvalue weighted by Crippen LogP contribution is 2.38. The van der Waals surface area contributed by atoms with E-state index in [4.69, 9.17) is 9.47 Å². The fraction of sp³-hybridized carbons (Fsp3) is 0.467. The van der Waals surface area contributed by atoms with Gasteiger partial charge in [0.1, 0.15) is 0 Å². The summed E-state index contributed by atoms with van der Waals surface area (Å²) in [5, 5.41) is 9.42. The zero-order valence-corrected chi connectivity index (χ0v) is 12.1. The average molecular weight is 290 g/mol. The highest BCUT2D eigenvalue weighted by Gasteiger charge is 2.38. The predicted octanol–water partition coefficient (Wildman–Crippen LogP) is 1.24. The van der Waals surface area contributed by atoms with Crippen molar-refractivity contribution in [3.63, 3.8) is 0 Å². The Labute approximate surface area is 123 Å². The van der Waals surface area contributed by atoms with Crippen LogP contribution in [0.2, 0.25) is 0 Å². The Kier molecular flexibility index (Phi) is 3.55. The highest BCUT2D eigenvalue weighted by molar-refractivity contribution is 6.03. The Balaban J connectivity index is 2.07. The molecule has 1 amide bonds. The Morgan fingerprint density at radius 2 is 2.05 bits per heavy atom. The second-order valence-electron chi connectivity index (χ2n) is 5.22. The number of hydrogen-bond acceptors (Lipinski definition) is 5. The van der Waals surface area contributed by atoms with E-state index in [2.05, 4.69) is 4.99 Å². The van der Waals surface area contributed by atoms with Crippen molar-refractivity contribution >= 4 is 17.8 Å². The lowest BCUT2D eigenvalue weighted by molar-refractivity contribution is 0.0756. The normalized spacial score (nSPS) is 23.6. The van der Waals surface area contributed by atoms with Crippen LogP contribution in [0.25, 0.3) is 0 Å². The topological polar surface area (TPSA) is 71.4 Å². The van der Waals surface area contributed by atoms with Crippen LogP contribution >= 0.6 is 0 Å². The molecule has 3 rings (SSSR count). The number of ether oxygens (including phenoxy) is 2. The van der Waals surface area contributed by atoms with Crippen LogP contribution < -0.4 is 9.47 Å². The minimum Gasteiger partial charge on any atom is -0.493 e. The number of aliphatic imine (C=N–C) groups is 1. The monoisotopic (exact) mass is 290 g/mol. The zero-order valence-electron chi connectivity index (χ0n) is 12.1. The van der Waals surface area contributed by atoms with Crippen LogP contribution in [0.5, 0.6) is 11.5 Å². The van der Waals surface area contributed by atoms with Crippen LogP contribution in [-0.2, 0) is 0 Å². The van der Waals surface area contributed by atoms with Crippen molar-refractivity contribution in [3.8, 4) is 11.5 Å². The molecular weight excluding hydrogens is 272 g/mol. The van der Waals surface area contributed by atoms with E-state index in [1.165, 1.54) is 7.11 Å². The first-order valence-corrected chi connectivity index (χ1v) is 6.91. The lowest BCUT2D eigenvalue weighted by Crippen LogP contribution is -2.38. The standard InChI is InChI=1S/C15H18N2O4/c1-20-13-5-10-11(6-14(13)21-2)16-7-12-9(8-18)3-4-17(12)15(10)19/h5-7,9,12,18H,3-4,8H2,1-2H3/t9-,12+/m0/s1. The Hall–Kier alpha value is -2.08. The van der Waals surface area contributed by atoms with Crippen molar-refractivity contribution in [3.05, 3.63) is 17.7 Å². The minimum atomic E-state index is -0.146. The zero-order chi connectivity index (χ0) is 15.0. The Morgan fingerprint density at radius 1 is 1.33 bits per heavy atom. The fourth-order valence-electron chi connectivity index (χ4n) is 2.98. The molecule has 0 saturated carbocycles. The maximum Gasteiger partial charge on any atom is 0.256 e. The van der Waals surface area contributed by atoms with E-state index in [-0.39, 0.29) is 24.5 Å². The molecule has 0 bridgehead atoms. The molecule has 1 fully saturated rings. The molecule has 2 aliphatic rings. The summed E-state index contributed by atoms with van der Waals surface area (Å²) in [5.41, 5.74) is 1.08. The summed E-state index contributed by atoms with van der Waals surface area (Å²) in [4.78, 5) is 18.9. The van der Waals surface area contributed by atoms with Crippen molar-refractivity contribution in [1.29, 1.82) is 0 Å². The van der Waals surface area contributed by atoms with E-state index in [1.807, 2.05) is 0 Å². The predicted molar refractivity (Wildman–Crippen MR) is 77.7 cm³/mol. The first kappa shape index (κ1) is 13.9. The van der Waals surface area contributed by atoms with Gasteiger partial charge in [-0.15, -0.1) is 0 Å². The molecule has 2 atom stereocenters. The van der Waals surface area contributed by atoms with Crippen molar-refractivity contribution in [2.45, 2.75) is 12.5 Å². The van der Waals surface area contributed by atoms with E-state index >= 15 is 0 Å². The molecule has 2 aliphatic heterocycles. The molecule has 6 heteroatoms. The van der Waals surface area contributed by atoms with E-state index in [0.717, 1.165) is 6.42 Å². The summed E-state index contributed by atoms with van der Waals surface area (Å²) >= 11 is 0. The second kappa shape index (κ2) is 5.37. The third-order valence-corrected chi connectivity index (χ3v) is 4.18. The van der Waals surface area contributed by atoms with Gasteiger partial charge in [0.2, 0.25) is 0 Å². The van der Waals surface area contributed by atoms with Gasteiger partial charge in [-0.05, 0) is 12.5 Å². The summed E-state index contributed by atoms with van der Waals surface area (Å²) in [6.07, 6.45) is 2.55. The molecule has 1 aromatic carbocycles. The van der Waals surface area contributed by atoms with Crippen LogP contribution in [0, 0.1) is 5.92 Å². The number of nitrogens with zero attached hydrogens (tertiary/aromatic N) is 2. The van der Waals surface area contributed by atoms with Gasteiger partial charge >= 0.3 is 0 Å². The van der Waals surface area contributed by atoms with Crippen molar-refractivity contribution in [1.82, 2.24) is 4.90 Å². The summed E-state index contributed by atoms with van der Waals surface area (Å²) < 4.78 is 10.5. The molecule has 21 heavy (non-hydrogen) atoms. The maximum absolute atomic E-state index is 12.7. The molecule has 1 aromatic rings. The van der Waals surface area contributed by atoms with Crippen LogP contribution in [0.1, 0.15) is 16.8 Å². The summed E-state index contributed by atoms with van der Waals surface area (Å²) in [6.45, 7) is 0.692. The quantitative estimate of drug-likeness (QED) is 0.909. The van der Waals surface area contributed by atoms with Gasteiger partial charge in [-0.3, -0.25) is 9.79 Å². The number of carbonyl (C=O) groups is 1. The van der Waals surface area contributed by atoms with Gasteiger partial charge in [-0.2, -0.15) is 0 Å². The minimum absolute atomic E-state index is 0.0517. The van der Waals surface area contributed by atoms with Crippen LogP contribution in [0.15, 0.2) is 17.1 Å². The van der Waals surface area contributed by atoms with E-state index in [1.54, 1.807) is 30.4 Å². The van der Waals surface area contributed by atoms with E-state index in [9.17, 15) is 9.90 Å². The van der Waals surface area contributed by atoms with E-state index in [0.29, 0.717) is 29.3 Å². The Morgan fingerprint density at radius 3 is 2.71 bits per heavy atom. The average Bonchev–Trinajstić information content (AvgIpc) is 2.88. The van der Waals surface area contributed by atoms with Crippen LogP contribution in [0.4, 0.5) is 5.69 Å². The number of hydrogen-bond donors (Lipinski definition) is 1. The lowest BCUT2D eigenvalue weighted by atomic mass is 10.0. The smallest absolute Gasteiger partial charge is 0.256 e. The molecule has 6 nitrogen and oxygen atoms in total. The SMILES string of the molecule is COc1cc2c(cc1OC)C(=O)N1CC[C@@H](CO)[C@H]1C=N2. The molecule has 1 N–H and O–H groups in total. The summed E-state index contributed by atoms with van der Waals surface area (Å²) in [6, 6.07) is 3.23. The molecule has 1 saturated heterocycles. The van der Waals surface area contributed by atoms with Crippen molar-refractivity contribution < 1.29 is 19.4 Å². The van der Waals surface area contributed by atoms with Gasteiger partial charge in [-0.1, -0.05) is 0 Å². The second-order valence-corrected chi connectivity index (χ2v) is 5.22. The number of aliphatic hydroxyl groups excluding tert-OH is 1. The number of benzene rings is 1. The summed E-state index contributed by atoms with van der Waals surface area (Å²) in [7, 11) is 3.08. The van der Waals surface area contributed by atoms with Gasteiger partial charge in [0.15, 0.2) is 11.5 Å². The highest BCUT2D eigenvalue weighted by atomic mass is 16.5. The molecule has 2 heterocycles. The van der Waals surface area contributed by atoms with Gasteiger partial charge in [0.25, 0.3) is 5.91 Å². The fourth-order valence-corrected chi connectivity index (χ4v) is 2.98. The molecule has 112 valence electrons. The van der Waals surface area contributed by atoms with Crippen molar-refractivity contribution in [2.75, 3.05) is 27.4 Å². The number of methoxy groups -OCH3 is 2. The van der Waals surface area contributed by atoms with Gasteiger partial charge < -0.3 is 19.5 Å². The molecule has 0 radical (unpaired) electrons. The maximum atomic E-state index is 12.7. The van der Waals surface area contributed by atoms with Crippen molar-refractivity contribution in [2.24, 2.45) is 10.9 Å².